The first-order valence-electron chi connectivity index (χ1n) is 12.0. The van der Waals surface area contributed by atoms with Gasteiger partial charge in [0.15, 0.2) is 11.6 Å². The van der Waals surface area contributed by atoms with Crippen LogP contribution >= 0.6 is 0 Å². The van der Waals surface area contributed by atoms with Crippen LogP contribution in [-0.4, -0.2) is 51.8 Å². The van der Waals surface area contributed by atoms with E-state index in [-0.39, 0.29) is 23.2 Å². The minimum Gasteiger partial charge on any atom is -0.448 e. The fourth-order valence-electron chi connectivity index (χ4n) is 4.23. The number of oxazole rings is 1. The molecule has 0 bridgehead atoms. The van der Waals surface area contributed by atoms with Crippen LogP contribution in [-0.2, 0) is 16.7 Å². The SMILES string of the molecule is CC(C)(C)c1nc(C(=O)NCc2ccc(-c3ncnn4cc(N5CCOCC5)cc34)cc2C(F)F)co1. The van der Waals surface area contributed by atoms with Gasteiger partial charge in [0.1, 0.15) is 12.6 Å². The molecular formula is C26H28F2N6O3. The number of nitrogens with zero attached hydrogens (tertiary/aromatic N) is 5. The number of hydrogen-bond donors (Lipinski definition) is 1. The molecule has 5 rings (SSSR count). The van der Waals surface area contributed by atoms with Gasteiger partial charge in [-0.1, -0.05) is 32.9 Å². The van der Waals surface area contributed by atoms with E-state index >= 15 is 0 Å². The number of nitrogens with one attached hydrogen (secondary N) is 1. The first kappa shape index (κ1) is 24.8. The normalized spacial score (nSPS) is 14.5. The van der Waals surface area contributed by atoms with Gasteiger partial charge in [-0.25, -0.2) is 23.3 Å². The smallest absolute Gasteiger partial charge is 0.273 e. The number of morpholine rings is 1. The van der Waals surface area contributed by atoms with Crippen molar-refractivity contribution in [2.24, 2.45) is 0 Å². The van der Waals surface area contributed by atoms with Crippen LogP contribution in [0.1, 0.15) is 54.7 Å². The highest BCUT2D eigenvalue weighted by Crippen LogP contribution is 2.32. The number of rotatable bonds is 6. The van der Waals surface area contributed by atoms with Gasteiger partial charge in [-0.3, -0.25) is 4.79 Å². The Labute approximate surface area is 212 Å². The number of alkyl halides is 2. The van der Waals surface area contributed by atoms with Crippen molar-refractivity contribution in [3.63, 3.8) is 0 Å². The van der Waals surface area contributed by atoms with Crippen molar-refractivity contribution < 1.29 is 22.7 Å². The molecule has 1 fully saturated rings. The van der Waals surface area contributed by atoms with E-state index in [1.807, 2.05) is 33.0 Å². The molecule has 1 aromatic carbocycles. The highest BCUT2D eigenvalue weighted by molar-refractivity contribution is 5.92. The topological polar surface area (TPSA) is 97.8 Å². The van der Waals surface area contributed by atoms with Gasteiger partial charge in [0.2, 0.25) is 0 Å². The van der Waals surface area contributed by atoms with Gasteiger partial charge < -0.3 is 19.4 Å². The Morgan fingerprint density at radius 3 is 2.68 bits per heavy atom. The summed E-state index contributed by atoms with van der Waals surface area (Å²) in [5, 5.41) is 6.95. The van der Waals surface area contributed by atoms with Crippen LogP contribution in [0.2, 0.25) is 0 Å². The van der Waals surface area contributed by atoms with Gasteiger partial charge >= 0.3 is 0 Å². The number of ether oxygens (including phenoxy) is 1. The van der Waals surface area contributed by atoms with E-state index in [2.05, 4.69) is 25.3 Å². The summed E-state index contributed by atoms with van der Waals surface area (Å²) in [6.45, 7) is 8.49. The van der Waals surface area contributed by atoms with Crippen LogP contribution < -0.4 is 10.2 Å². The molecule has 37 heavy (non-hydrogen) atoms. The molecule has 0 radical (unpaired) electrons. The van der Waals surface area contributed by atoms with Crippen molar-refractivity contribution in [3.05, 3.63) is 65.8 Å². The zero-order valence-corrected chi connectivity index (χ0v) is 20.9. The minimum atomic E-state index is -2.74. The first-order chi connectivity index (χ1) is 17.7. The van der Waals surface area contributed by atoms with Crippen molar-refractivity contribution >= 4 is 17.1 Å². The molecule has 9 nitrogen and oxygen atoms in total. The van der Waals surface area contributed by atoms with E-state index in [0.717, 1.165) is 18.8 Å². The molecule has 11 heteroatoms. The molecule has 194 valence electrons. The predicted molar refractivity (Wildman–Crippen MR) is 133 cm³/mol. The van der Waals surface area contributed by atoms with E-state index in [9.17, 15) is 13.6 Å². The third kappa shape index (κ3) is 5.17. The van der Waals surface area contributed by atoms with Gasteiger partial charge in [0.25, 0.3) is 12.3 Å². The molecule has 4 heterocycles. The number of carbonyl (C=O) groups is 1. The van der Waals surface area contributed by atoms with Crippen molar-refractivity contribution in [1.29, 1.82) is 0 Å². The summed E-state index contributed by atoms with van der Waals surface area (Å²) in [5.41, 5.74) is 2.65. The Hall–Kier alpha value is -3.86. The van der Waals surface area contributed by atoms with E-state index < -0.39 is 12.3 Å². The maximum absolute atomic E-state index is 14.1. The van der Waals surface area contributed by atoms with E-state index in [0.29, 0.717) is 41.4 Å². The molecule has 1 amide bonds. The van der Waals surface area contributed by atoms with Gasteiger partial charge in [-0.2, -0.15) is 5.10 Å². The average Bonchev–Trinajstić information content (AvgIpc) is 3.55. The van der Waals surface area contributed by atoms with Crippen molar-refractivity contribution in [3.8, 4) is 11.3 Å². The first-order valence-corrected chi connectivity index (χ1v) is 12.0. The summed E-state index contributed by atoms with van der Waals surface area (Å²) >= 11 is 0. The van der Waals surface area contributed by atoms with E-state index in [4.69, 9.17) is 9.15 Å². The van der Waals surface area contributed by atoms with Crippen LogP contribution in [0, 0.1) is 0 Å². The summed E-state index contributed by atoms with van der Waals surface area (Å²) in [7, 11) is 0. The quantitative estimate of drug-likeness (QED) is 0.411. The molecule has 0 atom stereocenters. The molecule has 0 unspecified atom stereocenters. The summed E-state index contributed by atoms with van der Waals surface area (Å²) in [5.74, 6) is -0.0709. The molecule has 1 aliphatic heterocycles. The number of anilines is 1. The lowest BCUT2D eigenvalue weighted by atomic mass is 9.97. The molecule has 0 aliphatic carbocycles. The van der Waals surface area contributed by atoms with Crippen LogP contribution in [0.3, 0.4) is 0 Å². The molecule has 4 aromatic rings. The Bertz CT molecular complexity index is 1420. The fraction of sp³-hybridized carbons (Fsp3) is 0.385. The molecule has 0 saturated carbocycles. The summed E-state index contributed by atoms with van der Waals surface area (Å²) in [6, 6.07) is 6.69. The predicted octanol–water partition coefficient (Wildman–Crippen LogP) is 4.39. The number of benzene rings is 1. The summed E-state index contributed by atoms with van der Waals surface area (Å²) < 4.78 is 40.7. The standard InChI is InChI=1S/C26H28F2N6O3/c1-26(2,3)25-32-20(14-37-25)24(35)29-12-17-5-4-16(10-19(17)23(27)28)22-21-11-18(13-34(21)31-15-30-22)33-6-8-36-9-7-33/h4-5,10-11,13-15,23H,6-9,12H2,1-3H3,(H,29,35). The number of hydrogen-bond acceptors (Lipinski definition) is 7. The van der Waals surface area contributed by atoms with Crippen LogP contribution in [0.4, 0.5) is 14.5 Å². The Kier molecular flexibility index (Phi) is 6.63. The average molecular weight is 511 g/mol. The second-order valence-electron chi connectivity index (χ2n) is 9.92. The number of halogens is 2. The van der Waals surface area contributed by atoms with Crippen molar-refractivity contribution in [1.82, 2.24) is 24.9 Å². The fourth-order valence-corrected chi connectivity index (χ4v) is 4.23. The van der Waals surface area contributed by atoms with Crippen molar-refractivity contribution in [2.45, 2.75) is 39.2 Å². The minimum absolute atomic E-state index is 0.0814. The number of carbonyl (C=O) groups excluding carboxylic acids is 1. The second kappa shape index (κ2) is 9.89. The Balaban J connectivity index is 1.39. The Morgan fingerprint density at radius 2 is 1.97 bits per heavy atom. The number of aromatic nitrogens is 4. The number of fused-ring (bicyclic) bond motifs is 1. The zero-order valence-electron chi connectivity index (χ0n) is 20.9. The zero-order chi connectivity index (χ0) is 26.2. The highest BCUT2D eigenvalue weighted by atomic mass is 19.3. The maximum atomic E-state index is 14.1. The van der Waals surface area contributed by atoms with Crippen LogP contribution in [0.15, 0.2) is 47.5 Å². The summed E-state index contributed by atoms with van der Waals surface area (Å²) in [6.07, 6.45) is 1.85. The lowest BCUT2D eigenvalue weighted by Crippen LogP contribution is -2.35. The van der Waals surface area contributed by atoms with Crippen LogP contribution in [0.25, 0.3) is 16.8 Å². The third-order valence-electron chi connectivity index (χ3n) is 6.24. The second-order valence-corrected chi connectivity index (χ2v) is 9.92. The Morgan fingerprint density at radius 1 is 1.19 bits per heavy atom. The number of amides is 1. The summed E-state index contributed by atoms with van der Waals surface area (Å²) in [4.78, 5) is 23.4. The third-order valence-corrected chi connectivity index (χ3v) is 6.24. The monoisotopic (exact) mass is 510 g/mol. The van der Waals surface area contributed by atoms with Gasteiger partial charge in [-0.15, -0.1) is 0 Å². The molecule has 0 spiro atoms. The lowest BCUT2D eigenvalue weighted by molar-refractivity contribution is 0.0944. The molecule has 1 N–H and O–H groups in total. The molecule has 1 aliphatic rings. The largest absolute Gasteiger partial charge is 0.448 e. The van der Waals surface area contributed by atoms with Gasteiger partial charge in [0, 0.05) is 36.2 Å². The van der Waals surface area contributed by atoms with E-state index in [1.54, 1.807) is 16.6 Å². The van der Waals surface area contributed by atoms with Crippen molar-refractivity contribution in [2.75, 3.05) is 31.2 Å². The van der Waals surface area contributed by atoms with Gasteiger partial charge in [0.05, 0.1) is 36.3 Å². The molecule has 3 aromatic heterocycles. The van der Waals surface area contributed by atoms with Gasteiger partial charge in [-0.05, 0) is 17.7 Å². The highest BCUT2D eigenvalue weighted by Gasteiger charge is 2.23. The molecular weight excluding hydrogens is 482 g/mol. The molecule has 1 saturated heterocycles. The van der Waals surface area contributed by atoms with E-state index in [1.165, 1.54) is 18.7 Å². The maximum Gasteiger partial charge on any atom is 0.273 e. The van der Waals surface area contributed by atoms with Crippen LogP contribution in [0.5, 0.6) is 0 Å². The lowest BCUT2D eigenvalue weighted by Gasteiger charge is -2.27.